The molecule has 1 amide bonds. The van der Waals surface area contributed by atoms with Crippen LogP contribution in [0.1, 0.15) is 25.7 Å². The highest BCUT2D eigenvalue weighted by Crippen LogP contribution is 2.40. The van der Waals surface area contributed by atoms with Gasteiger partial charge in [-0.2, -0.15) is 0 Å². The highest BCUT2D eigenvalue weighted by atomic mass is 16.5. The first kappa shape index (κ1) is 17.6. The van der Waals surface area contributed by atoms with E-state index in [2.05, 4.69) is 20.2 Å². The number of aliphatic carboxylic acids is 1. The van der Waals surface area contributed by atoms with E-state index in [1.807, 2.05) is 0 Å². The topological polar surface area (TPSA) is 105 Å². The second-order valence-electron chi connectivity index (χ2n) is 6.87. The third kappa shape index (κ3) is 3.89. The van der Waals surface area contributed by atoms with Gasteiger partial charge >= 0.3 is 5.97 Å². The molecule has 1 aliphatic heterocycles. The minimum atomic E-state index is -0.796. The molecule has 1 saturated carbocycles. The number of nitrogens with one attached hydrogen (secondary N) is 1. The van der Waals surface area contributed by atoms with Gasteiger partial charge in [0.15, 0.2) is 0 Å². The highest BCUT2D eigenvalue weighted by Gasteiger charge is 2.48. The number of aromatic nitrogens is 2. The van der Waals surface area contributed by atoms with Gasteiger partial charge in [-0.3, -0.25) is 14.6 Å². The Morgan fingerprint density at radius 3 is 2.60 bits per heavy atom. The van der Waals surface area contributed by atoms with E-state index in [4.69, 9.17) is 9.84 Å². The minimum absolute atomic E-state index is 0.0222. The molecule has 25 heavy (non-hydrogen) atoms. The van der Waals surface area contributed by atoms with E-state index in [1.54, 1.807) is 25.7 Å². The molecule has 1 saturated heterocycles. The van der Waals surface area contributed by atoms with Gasteiger partial charge < -0.3 is 20.1 Å². The van der Waals surface area contributed by atoms with E-state index >= 15 is 0 Å². The molecule has 8 nitrogen and oxygen atoms in total. The van der Waals surface area contributed by atoms with Gasteiger partial charge in [0.2, 0.25) is 5.91 Å². The van der Waals surface area contributed by atoms with Crippen LogP contribution in [0.4, 0.5) is 5.82 Å². The SMILES string of the molecule is COC1(CNC(=O)C2CCN(c3cnccn3)CC2)CC(C(=O)O)C1. The predicted molar refractivity (Wildman–Crippen MR) is 90.1 cm³/mol. The third-order valence-corrected chi connectivity index (χ3v) is 5.34. The van der Waals surface area contributed by atoms with Crippen molar-refractivity contribution in [1.82, 2.24) is 15.3 Å². The molecule has 0 bridgehead atoms. The Morgan fingerprint density at radius 1 is 1.32 bits per heavy atom. The first-order valence-corrected chi connectivity index (χ1v) is 8.60. The van der Waals surface area contributed by atoms with E-state index < -0.39 is 11.6 Å². The highest BCUT2D eigenvalue weighted by molar-refractivity contribution is 5.79. The van der Waals surface area contributed by atoms with Crippen molar-refractivity contribution in [3.63, 3.8) is 0 Å². The molecule has 8 heteroatoms. The van der Waals surface area contributed by atoms with Crippen LogP contribution in [0.3, 0.4) is 0 Å². The summed E-state index contributed by atoms with van der Waals surface area (Å²) in [6, 6.07) is 0. The lowest BCUT2D eigenvalue weighted by Gasteiger charge is -2.45. The Bertz CT molecular complexity index is 610. The number of piperidine rings is 1. The number of ether oxygens (including phenoxy) is 1. The molecule has 1 aromatic heterocycles. The molecule has 1 aliphatic carbocycles. The van der Waals surface area contributed by atoms with Crippen molar-refractivity contribution in [3.8, 4) is 0 Å². The predicted octanol–water partition coefficient (Wildman–Crippen LogP) is 0.689. The van der Waals surface area contributed by atoms with Crippen LogP contribution in [0.15, 0.2) is 18.6 Å². The van der Waals surface area contributed by atoms with Crippen molar-refractivity contribution in [2.45, 2.75) is 31.3 Å². The zero-order chi connectivity index (χ0) is 17.9. The van der Waals surface area contributed by atoms with Crippen LogP contribution in [0.25, 0.3) is 0 Å². The van der Waals surface area contributed by atoms with Crippen molar-refractivity contribution in [2.24, 2.45) is 11.8 Å². The molecule has 0 atom stereocenters. The monoisotopic (exact) mass is 348 g/mol. The van der Waals surface area contributed by atoms with Gasteiger partial charge in [0.05, 0.1) is 17.7 Å². The molecule has 2 N–H and O–H groups in total. The Morgan fingerprint density at radius 2 is 2.04 bits per heavy atom. The lowest BCUT2D eigenvalue weighted by Crippen LogP contribution is -2.56. The Kier molecular flexibility index (Phi) is 5.17. The minimum Gasteiger partial charge on any atom is -0.481 e. The number of carbonyl (C=O) groups is 2. The summed E-state index contributed by atoms with van der Waals surface area (Å²) in [5.41, 5.74) is -0.529. The van der Waals surface area contributed by atoms with Crippen LogP contribution in [0, 0.1) is 11.8 Å². The van der Waals surface area contributed by atoms with Crippen molar-refractivity contribution >= 4 is 17.7 Å². The summed E-state index contributed by atoms with van der Waals surface area (Å²) in [6.07, 6.45) is 7.47. The zero-order valence-corrected chi connectivity index (χ0v) is 14.4. The molecule has 0 unspecified atom stereocenters. The fourth-order valence-corrected chi connectivity index (χ4v) is 3.61. The van der Waals surface area contributed by atoms with Crippen LogP contribution in [0.2, 0.25) is 0 Å². The third-order valence-electron chi connectivity index (χ3n) is 5.34. The molecule has 2 aliphatic rings. The van der Waals surface area contributed by atoms with Gasteiger partial charge in [0.1, 0.15) is 5.82 Å². The number of carboxylic acid groups (broad SMARTS) is 1. The number of anilines is 1. The molecule has 1 aromatic rings. The zero-order valence-electron chi connectivity index (χ0n) is 14.4. The summed E-state index contributed by atoms with van der Waals surface area (Å²) in [5.74, 6) is -0.331. The van der Waals surface area contributed by atoms with E-state index in [0.29, 0.717) is 19.4 Å². The number of methoxy groups -OCH3 is 1. The van der Waals surface area contributed by atoms with Crippen molar-refractivity contribution in [3.05, 3.63) is 18.6 Å². The van der Waals surface area contributed by atoms with Crippen molar-refractivity contribution < 1.29 is 19.4 Å². The van der Waals surface area contributed by atoms with Gasteiger partial charge in [0, 0.05) is 45.1 Å². The molecular formula is C17H24N4O4. The van der Waals surface area contributed by atoms with E-state index in [9.17, 15) is 9.59 Å². The first-order chi connectivity index (χ1) is 12.0. The lowest BCUT2D eigenvalue weighted by atomic mass is 9.70. The lowest BCUT2D eigenvalue weighted by molar-refractivity contribution is -0.162. The summed E-state index contributed by atoms with van der Waals surface area (Å²) >= 11 is 0. The number of rotatable bonds is 6. The van der Waals surface area contributed by atoms with Crippen LogP contribution in [-0.4, -0.2) is 59.3 Å². The van der Waals surface area contributed by atoms with Crippen molar-refractivity contribution in [2.75, 3.05) is 31.6 Å². The average Bonchev–Trinajstić information content (AvgIpc) is 2.61. The van der Waals surface area contributed by atoms with Crippen LogP contribution >= 0.6 is 0 Å². The fraction of sp³-hybridized carbons (Fsp3) is 0.647. The summed E-state index contributed by atoms with van der Waals surface area (Å²) in [7, 11) is 1.57. The van der Waals surface area contributed by atoms with Crippen LogP contribution < -0.4 is 10.2 Å². The normalized spacial score (nSPS) is 26.8. The summed E-state index contributed by atoms with van der Waals surface area (Å²) in [5, 5.41) is 12.0. The Labute approximate surface area is 146 Å². The summed E-state index contributed by atoms with van der Waals surface area (Å²) < 4.78 is 5.47. The summed E-state index contributed by atoms with van der Waals surface area (Å²) in [4.78, 5) is 33.9. The summed E-state index contributed by atoms with van der Waals surface area (Å²) in [6.45, 7) is 1.91. The molecule has 3 rings (SSSR count). The van der Waals surface area contributed by atoms with E-state index in [0.717, 1.165) is 31.7 Å². The maximum Gasteiger partial charge on any atom is 0.306 e. The van der Waals surface area contributed by atoms with Gasteiger partial charge in [0.25, 0.3) is 0 Å². The molecule has 2 heterocycles. The molecule has 0 radical (unpaired) electrons. The van der Waals surface area contributed by atoms with E-state index in [-0.39, 0.29) is 17.7 Å². The number of carbonyl (C=O) groups excluding carboxylic acids is 1. The number of hydrogen-bond donors (Lipinski definition) is 2. The maximum absolute atomic E-state index is 12.4. The molecule has 0 aromatic carbocycles. The fourth-order valence-electron chi connectivity index (χ4n) is 3.61. The van der Waals surface area contributed by atoms with Gasteiger partial charge in [-0.1, -0.05) is 0 Å². The second-order valence-corrected chi connectivity index (χ2v) is 6.87. The van der Waals surface area contributed by atoms with Crippen LogP contribution in [0.5, 0.6) is 0 Å². The largest absolute Gasteiger partial charge is 0.481 e. The molecule has 136 valence electrons. The van der Waals surface area contributed by atoms with E-state index in [1.165, 1.54) is 0 Å². The number of amides is 1. The van der Waals surface area contributed by atoms with Gasteiger partial charge in [-0.05, 0) is 25.7 Å². The second kappa shape index (κ2) is 7.35. The van der Waals surface area contributed by atoms with Gasteiger partial charge in [-0.25, -0.2) is 4.98 Å². The van der Waals surface area contributed by atoms with Crippen molar-refractivity contribution in [1.29, 1.82) is 0 Å². The molecule has 2 fully saturated rings. The smallest absolute Gasteiger partial charge is 0.306 e. The number of carboxylic acids is 1. The molecular weight excluding hydrogens is 324 g/mol. The number of hydrogen-bond acceptors (Lipinski definition) is 6. The Hall–Kier alpha value is -2.22. The van der Waals surface area contributed by atoms with Crippen LogP contribution in [-0.2, 0) is 14.3 Å². The number of nitrogens with zero attached hydrogens (tertiary/aromatic N) is 3. The molecule has 0 spiro atoms. The Balaban J connectivity index is 1.45. The average molecular weight is 348 g/mol. The first-order valence-electron chi connectivity index (χ1n) is 8.60. The standard InChI is InChI=1S/C17H24N4O4/c1-25-17(8-13(9-17)16(23)24)11-20-15(22)12-2-6-21(7-3-12)14-10-18-4-5-19-14/h4-5,10,12-13H,2-3,6-9,11H2,1H3,(H,20,22)(H,23,24). The van der Waals surface area contributed by atoms with Gasteiger partial charge in [-0.15, -0.1) is 0 Å². The maximum atomic E-state index is 12.4. The quantitative estimate of drug-likeness (QED) is 0.779.